The van der Waals surface area contributed by atoms with E-state index in [0.717, 1.165) is 28.1 Å². The van der Waals surface area contributed by atoms with Crippen LogP contribution in [0.2, 0.25) is 0 Å². The Morgan fingerprint density at radius 3 is 2.59 bits per heavy atom. The van der Waals surface area contributed by atoms with Crippen molar-refractivity contribution in [3.63, 3.8) is 0 Å². The molecular formula is C21H20N6O2. The summed E-state index contributed by atoms with van der Waals surface area (Å²) < 4.78 is 6.87. The van der Waals surface area contributed by atoms with E-state index in [0.29, 0.717) is 18.8 Å². The third kappa shape index (κ3) is 4.06. The van der Waals surface area contributed by atoms with Gasteiger partial charge >= 0.3 is 0 Å². The standard InChI is InChI=1S/C21H20N6O2/c1-14-3-4-17(12-24-14)20-18(16-5-7-22-8-6-16)13-25-27(20)10-9-23-21(28)19-11-15(2)26-29-19/h3-8,11-13H,9-10H2,1-2H3,(H,23,28). The fourth-order valence-corrected chi connectivity index (χ4v) is 3.04. The second-order valence-electron chi connectivity index (χ2n) is 6.64. The number of rotatable bonds is 6. The van der Waals surface area contributed by atoms with Crippen molar-refractivity contribution in [3.8, 4) is 22.4 Å². The van der Waals surface area contributed by atoms with Gasteiger partial charge in [-0.2, -0.15) is 5.10 Å². The number of carbonyl (C=O) groups is 1. The molecule has 0 aliphatic rings. The molecule has 8 nitrogen and oxygen atoms in total. The van der Waals surface area contributed by atoms with Crippen molar-refractivity contribution in [2.24, 2.45) is 0 Å². The summed E-state index contributed by atoms with van der Waals surface area (Å²) >= 11 is 0. The van der Waals surface area contributed by atoms with Crippen LogP contribution < -0.4 is 5.32 Å². The van der Waals surface area contributed by atoms with Crippen LogP contribution in [-0.2, 0) is 6.54 Å². The Morgan fingerprint density at radius 2 is 1.90 bits per heavy atom. The Balaban J connectivity index is 1.59. The third-order valence-corrected chi connectivity index (χ3v) is 4.48. The normalized spacial score (nSPS) is 10.8. The predicted octanol–water partition coefficient (Wildman–Crippen LogP) is 3.04. The summed E-state index contributed by atoms with van der Waals surface area (Å²) in [6.45, 7) is 4.60. The molecule has 1 N–H and O–H groups in total. The number of aromatic nitrogens is 5. The van der Waals surface area contributed by atoms with Gasteiger partial charge in [-0.05, 0) is 43.7 Å². The number of nitrogens with one attached hydrogen (secondary N) is 1. The molecule has 0 aliphatic heterocycles. The smallest absolute Gasteiger partial charge is 0.289 e. The maximum atomic E-state index is 12.2. The van der Waals surface area contributed by atoms with Crippen LogP contribution in [0.25, 0.3) is 22.4 Å². The highest BCUT2D eigenvalue weighted by molar-refractivity contribution is 5.91. The second-order valence-corrected chi connectivity index (χ2v) is 6.64. The number of hydrogen-bond donors (Lipinski definition) is 1. The molecule has 29 heavy (non-hydrogen) atoms. The molecule has 4 heterocycles. The van der Waals surface area contributed by atoms with Gasteiger partial charge in [0, 0.05) is 48.0 Å². The van der Waals surface area contributed by atoms with Crippen molar-refractivity contribution in [2.75, 3.05) is 6.54 Å². The molecule has 0 spiro atoms. The summed E-state index contributed by atoms with van der Waals surface area (Å²) in [6, 6.07) is 9.49. The van der Waals surface area contributed by atoms with Crippen LogP contribution in [0.5, 0.6) is 0 Å². The van der Waals surface area contributed by atoms with Crippen LogP contribution in [-0.4, -0.2) is 37.4 Å². The van der Waals surface area contributed by atoms with Crippen molar-refractivity contribution in [1.29, 1.82) is 0 Å². The van der Waals surface area contributed by atoms with Gasteiger partial charge in [-0.15, -0.1) is 0 Å². The number of aryl methyl sites for hydroxylation is 2. The lowest BCUT2D eigenvalue weighted by Gasteiger charge is -2.11. The zero-order valence-electron chi connectivity index (χ0n) is 16.2. The van der Waals surface area contributed by atoms with Gasteiger partial charge in [0.05, 0.1) is 24.1 Å². The number of nitrogens with zero attached hydrogens (tertiary/aromatic N) is 5. The first-order chi connectivity index (χ1) is 14.1. The van der Waals surface area contributed by atoms with Crippen molar-refractivity contribution >= 4 is 5.91 Å². The summed E-state index contributed by atoms with van der Waals surface area (Å²) in [5.41, 5.74) is 5.50. The number of hydrogen-bond acceptors (Lipinski definition) is 6. The van der Waals surface area contributed by atoms with E-state index in [4.69, 9.17) is 4.52 Å². The van der Waals surface area contributed by atoms with Crippen molar-refractivity contribution in [2.45, 2.75) is 20.4 Å². The van der Waals surface area contributed by atoms with Crippen LogP contribution in [0.1, 0.15) is 21.9 Å². The highest BCUT2D eigenvalue weighted by Crippen LogP contribution is 2.31. The Labute approximate surface area is 167 Å². The fraction of sp³-hybridized carbons (Fsp3) is 0.190. The van der Waals surface area contributed by atoms with E-state index in [1.807, 2.05) is 48.3 Å². The summed E-state index contributed by atoms with van der Waals surface area (Å²) in [5.74, 6) is -0.103. The highest BCUT2D eigenvalue weighted by Gasteiger charge is 2.16. The number of amides is 1. The van der Waals surface area contributed by atoms with E-state index in [1.165, 1.54) is 0 Å². The first-order valence-corrected chi connectivity index (χ1v) is 9.22. The summed E-state index contributed by atoms with van der Waals surface area (Å²) in [5, 5.41) is 11.1. The quantitative estimate of drug-likeness (QED) is 0.545. The first kappa shape index (κ1) is 18.5. The average molecular weight is 388 g/mol. The van der Waals surface area contributed by atoms with Crippen LogP contribution in [0.4, 0.5) is 0 Å². The lowest BCUT2D eigenvalue weighted by atomic mass is 10.0. The molecule has 8 heteroatoms. The number of pyridine rings is 2. The van der Waals surface area contributed by atoms with E-state index < -0.39 is 0 Å². The first-order valence-electron chi connectivity index (χ1n) is 9.22. The molecule has 4 aromatic rings. The Kier molecular flexibility index (Phi) is 5.15. The SMILES string of the molecule is Cc1ccc(-c2c(-c3ccncc3)cnn2CCNC(=O)c2cc(C)no2)cn1. The minimum Gasteiger partial charge on any atom is -0.351 e. The van der Waals surface area contributed by atoms with E-state index >= 15 is 0 Å². The van der Waals surface area contributed by atoms with Gasteiger partial charge < -0.3 is 9.84 Å². The Bertz CT molecular complexity index is 1120. The van der Waals surface area contributed by atoms with Crippen molar-refractivity contribution in [3.05, 3.63) is 72.3 Å². The van der Waals surface area contributed by atoms with Crippen molar-refractivity contribution < 1.29 is 9.32 Å². The zero-order valence-corrected chi connectivity index (χ0v) is 16.2. The minimum absolute atomic E-state index is 0.198. The molecule has 4 rings (SSSR count). The zero-order chi connectivity index (χ0) is 20.2. The molecule has 0 unspecified atom stereocenters. The summed E-state index contributed by atoms with van der Waals surface area (Å²) in [6.07, 6.45) is 7.17. The van der Waals surface area contributed by atoms with Gasteiger partial charge in [0.25, 0.3) is 5.91 Å². The summed E-state index contributed by atoms with van der Waals surface area (Å²) in [7, 11) is 0. The minimum atomic E-state index is -0.300. The molecule has 0 saturated carbocycles. The van der Waals surface area contributed by atoms with E-state index in [1.54, 1.807) is 25.4 Å². The topological polar surface area (TPSA) is 98.7 Å². The van der Waals surface area contributed by atoms with Gasteiger partial charge in [-0.25, -0.2) is 0 Å². The molecule has 0 fully saturated rings. The molecule has 0 saturated heterocycles. The van der Waals surface area contributed by atoms with Crippen LogP contribution in [0, 0.1) is 13.8 Å². The van der Waals surface area contributed by atoms with Crippen LogP contribution >= 0.6 is 0 Å². The van der Waals surface area contributed by atoms with Crippen LogP contribution in [0.15, 0.2) is 59.6 Å². The highest BCUT2D eigenvalue weighted by atomic mass is 16.5. The second kappa shape index (κ2) is 8.05. The van der Waals surface area contributed by atoms with E-state index in [-0.39, 0.29) is 11.7 Å². The predicted molar refractivity (Wildman–Crippen MR) is 107 cm³/mol. The van der Waals surface area contributed by atoms with Gasteiger partial charge in [0.15, 0.2) is 0 Å². The molecule has 4 aromatic heterocycles. The molecule has 0 aliphatic carbocycles. The van der Waals surface area contributed by atoms with Gasteiger partial charge in [0.1, 0.15) is 0 Å². The van der Waals surface area contributed by atoms with Gasteiger partial charge in [-0.1, -0.05) is 5.16 Å². The molecular weight excluding hydrogens is 368 g/mol. The maximum Gasteiger partial charge on any atom is 0.289 e. The lowest BCUT2D eigenvalue weighted by Crippen LogP contribution is -2.27. The summed E-state index contributed by atoms with van der Waals surface area (Å²) in [4.78, 5) is 20.7. The van der Waals surface area contributed by atoms with Gasteiger partial charge in [0.2, 0.25) is 5.76 Å². The number of carbonyl (C=O) groups excluding carboxylic acids is 1. The third-order valence-electron chi connectivity index (χ3n) is 4.48. The van der Waals surface area contributed by atoms with Crippen molar-refractivity contribution in [1.82, 2.24) is 30.2 Å². The molecule has 0 atom stereocenters. The fourth-order valence-electron chi connectivity index (χ4n) is 3.04. The van der Waals surface area contributed by atoms with Crippen LogP contribution in [0.3, 0.4) is 0 Å². The maximum absolute atomic E-state index is 12.2. The lowest BCUT2D eigenvalue weighted by molar-refractivity contribution is 0.0915. The monoisotopic (exact) mass is 388 g/mol. The molecule has 146 valence electrons. The molecule has 0 aromatic carbocycles. The largest absolute Gasteiger partial charge is 0.351 e. The van der Waals surface area contributed by atoms with E-state index in [9.17, 15) is 4.79 Å². The molecule has 0 bridgehead atoms. The van der Waals surface area contributed by atoms with Gasteiger partial charge in [-0.3, -0.25) is 19.4 Å². The molecule has 0 radical (unpaired) electrons. The average Bonchev–Trinajstić information content (AvgIpc) is 3.36. The van der Waals surface area contributed by atoms with E-state index in [2.05, 4.69) is 25.5 Å². The molecule has 1 amide bonds. The Morgan fingerprint density at radius 1 is 1.07 bits per heavy atom. The Hall–Kier alpha value is -3.81.